The molecule has 1 unspecified atom stereocenters. The number of carbonyl (C=O) groups excluding carboxylic acids is 1. The van der Waals surface area contributed by atoms with Crippen LogP contribution in [0.5, 0.6) is 0 Å². The third-order valence-corrected chi connectivity index (χ3v) is 3.40. The maximum atomic E-state index is 11.8. The van der Waals surface area contributed by atoms with E-state index in [1.54, 1.807) is 0 Å². The zero-order chi connectivity index (χ0) is 14.8. The summed E-state index contributed by atoms with van der Waals surface area (Å²) in [4.78, 5) is 11.8. The number of benzene rings is 1. The molecular weight excluding hydrogens is 252 g/mol. The van der Waals surface area contributed by atoms with Gasteiger partial charge in [0.2, 0.25) is 0 Å². The summed E-state index contributed by atoms with van der Waals surface area (Å²) < 4.78 is 5.26. The van der Waals surface area contributed by atoms with Crippen LogP contribution in [0.4, 0.5) is 10.5 Å². The number of anilines is 1. The maximum absolute atomic E-state index is 11.8. The number of nitrogens with one attached hydrogen (secondary N) is 1. The quantitative estimate of drug-likeness (QED) is 0.768. The highest BCUT2D eigenvalue weighted by molar-refractivity contribution is 5.85. The van der Waals surface area contributed by atoms with Gasteiger partial charge in [-0.15, -0.1) is 0 Å². The minimum atomic E-state index is -0.488. The molecule has 1 aromatic rings. The fourth-order valence-corrected chi connectivity index (χ4v) is 2.52. The van der Waals surface area contributed by atoms with Crippen LogP contribution in [0.2, 0.25) is 0 Å². The van der Waals surface area contributed by atoms with E-state index in [9.17, 15) is 4.79 Å². The average molecular weight is 276 g/mol. The molecule has 0 saturated heterocycles. The van der Waals surface area contributed by atoms with Crippen LogP contribution in [0.1, 0.15) is 57.2 Å². The minimum absolute atomic E-state index is 0.114. The molecule has 1 atom stereocenters. The smallest absolute Gasteiger partial charge is 0.412 e. The largest absolute Gasteiger partial charge is 0.444 e. The zero-order valence-electron chi connectivity index (χ0n) is 12.5. The number of ether oxygens (including phenoxy) is 1. The van der Waals surface area contributed by atoms with Crippen molar-refractivity contribution in [2.24, 2.45) is 5.73 Å². The summed E-state index contributed by atoms with van der Waals surface area (Å²) in [5.41, 5.74) is 8.90. The lowest BCUT2D eigenvalue weighted by atomic mass is 9.99. The molecule has 4 nitrogen and oxygen atoms in total. The molecule has 3 N–H and O–H groups in total. The van der Waals surface area contributed by atoms with Gasteiger partial charge in [-0.25, -0.2) is 4.79 Å². The second kappa shape index (κ2) is 5.83. The first-order valence-electron chi connectivity index (χ1n) is 7.23. The summed E-state index contributed by atoms with van der Waals surface area (Å²) in [6.45, 7) is 5.55. The number of carbonyl (C=O) groups is 1. The maximum Gasteiger partial charge on any atom is 0.412 e. The van der Waals surface area contributed by atoms with Crippen molar-refractivity contribution >= 4 is 11.8 Å². The highest BCUT2D eigenvalue weighted by atomic mass is 16.6. The molecule has 110 valence electrons. The Hall–Kier alpha value is -1.55. The van der Waals surface area contributed by atoms with Gasteiger partial charge in [0.1, 0.15) is 5.60 Å². The topological polar surface area (TPSA) is 64.3 Å². The van der Waals surface area contributed by atoms with Crippen LogP contribution in [0.15, 0.2) is 18.2 Å². The molecule has 1 aromatic carbocycles. The van der Waals surface area contributed by atoms with Gasteiger partial charge in [-0.3, -0.25) is 5.32 Å². The van der Waals surface area contributed by atoms with Crippen LogP contribution in [0.3, 0.4) is 0 Å². The molecule has 0 spiro atoms. The lowest BCUT2D eigenvalue weighted by molar-refractivity contribution is 0.0636. The van der Waals surface area contributed by atoms with E-state index >= 15 is 0 Å². The predicted octanol–water partition coefficient (Wildman–Crippen LogP) is 3.76. The number of hydrogen-bond acceptors (Lipinski definition) is 3. The van der Waals surface area contributed by atoms with Crippen molar-refractivity contribution in [3.05, 3.63) is 29.3 Å². The molecule has 1 aliphatic rings. The summed E-state index contributed by atoms with van der Waals surface area (Å²) >= 11 is 0. The van der Waals surface area contributed by atoms with Gasteiger partial charge in [0.05, 0.1) is 0 Å². The van der Waals surface area contributed by atoms with E-state index in [2.05, 4.69) is 5.32 Å². The summed E-state index contributed by atoms with van der Waals surface area (Å²) in [7, 11) is 0. The molecule has 20 heavy (non-hydrogen) atoms. The monoisotopic (exact) mass is 276 g/mol. The van der Waals surface area contributed by atoms with Gasteiger partial charge in [0.25, 0.3) is 0 Å². The Morgan fingerprint density at radius 1 is 1.35 bits per heavy atom. The molecule has 0 fully saturated rings. The van der Waals surface area contributed by atoms with E-state index in [0.717, 1.165) is 31.4 Å². The molecular formula is C16H24N2O2. The van der Waals surface area contributed by atoms with Crippen molar-refractivity contribution in [1.82, 2.24) is 0 Å². The number of nitrogens with two attached hydrogens (primary N) is 1. The van der Waals surface area contributed by atoms with Crippen molar-refractivity contribution in [1.29, 1.82) is 0 Å². The number of aryl methyl sites for hydroxylation is 1. The molecule has 0 heterocycles. The summed E-state index contributed by atoms with van der Waals surface area (Å²) in [6, 6.07) is 6.05. The van der Waals surface area contributed by atoms with Gasteiger partial charge >= 0.3 is 6.09 Å². The fraction of sp³-hybridized carbons (Fsp3) is 0.562. The van der Waals surface area contributed by atoms with Crippen molar-refractivity contribution in [2.45, 2.75) is 58.1 Å². The fourth-order valence-electron chi connectivity index (χ4n) is 2.52. The van der Waals surface area contributed by atoms with Crippen LogP contribution in [0, 0.1) is 0 Å². The Kier molecular flexibility index (Phi) is 4.33. The Labute approximate surface area is 120 Å². The lowest BCUT2D eigenvalue weighted by Gasteiger charge is -2.20. The first-order valence-corrected chi connectivity index (χ1v) is 7.23. The van der Waals surface area contributed by atoms with Crippen LogP contribution < -0.4 is 11.1 Å². The Balaban J connectivity index is 2.11. The zero-order valence-corrected chi connectivity index (χ0v) is 12.5. The van der Waals surface area contributed by atoms with E-state index in [-0.39, 0.29) is 6.04 Å². The van der Waals surface area contributed by atoms with Crippen LogP contribution in [-0.2, 0) is 11.2 Å². The summed E-state index contributed by atoms with van der Waals surface area (Å²) in [5, 5.41) is 2.78. The van der Waals surface area contributed by atoms with Crippen molar-refractivity contribution in [2.75, 3.05) is 5.32 Å². The Morgan fingerprint density at radius 2 is 2.10 bits per heavy atom. The molecule has 0 bridgehead atoms. The minimum Gasteiger partial charge on any atom is -0.444 e. The van der Waals surface area contributed by atoms with E-state index in [4.69, 9.17) is 10.5 Å². The van der Waals surface area contributed by atoms with E-state index in [1.165, 1.54) is 11.1 Å². The predicted molar refractivity (Wildman–Crippen MR) is 80.8 cm³/mol. The number of rotatable bonds is 1. The summed E-state index contributed by atoms with van der Waals surface area (Å²) in [6.07, 6.45) is 3.94. The molecule has 1 aliphatic carbocycles. The van der Waals surface area contributed by atoms with Gasteiger partial charge in [-0.1, -0.05) is 12.5 Å². The highest BCUT2D eigenvalue weighted by Crippen LogP contribution is 2.29. The van der Waals surface area contributed by atoms with Gasteiger partial charge < -0.3 is 10.5 Å². The van der Waals surface area contributed by atoms with E-state index < -0.39 is 11.7 Å². The second-order valence-electron chi connectivity index (χ2n) is 6.39. The van der Waals surface area contributed by atoms with E-state index in [0.29, 0.717) is 0 Å². The molecule has 0 aliphatic heterocycles. The van der Waals surface area contributed by atoms with E-state index in [1.807, 2.05) is 39.0 Å². The third-order valence-electron chi connectivity index (χ3n) is 3.40. The first-order chi connectivity index (χ1) is 9.35. The van der Waals surface area contributed by atoms with Crippen molar-refractivity contribution < 1.29 is 9.53 Å². The Morgan fingerprint density at radius 3 is 2.80 bits per heavy atom. The van der Waals surface area contributed by atoms with Crippen LogP contribution >= 0.6 is 0 Å². The first kappa shape index (κ1) is 14.9. The van der Waals surface area contributed by atoms with Crippen molar-refractivity contribution in [3.63, 3.8) is 0 Å². The molecule has 0 saturated carbocycles. The van der Waals surface area contributed by atoms with Gasteiger partial charge in [-0.2, -0.15) is 0 Å². The second-order valence-corrected chi connectivity index (χ2v) is 6.39. The number of amides is 1. The Bertz CT molecular complexity index is 492. The molecule has 4 heteroatoms. The standard InChI is InChI=1S/C16H24N2O2/c1-16(2,3)20-15(19)18-12-8-9-13-11(10-12)6-4-5-7-14(13)17/h8-10,14H,4-7,17H2,1-3H3,(H,18,19). The normalized spacial score (nSPS) is 18.9. The molecule has 0 radical (unpaired) electrons. The molecule has 2 rings (SSSR count). The van der Waals surface area contributed by atoms with Crippen LogP contribution in [0.25, 0.3) is 0 Å². The van der Waals surface area contributed by atoms with Crippen LogP contribution in [-0.4, -0.2) is 11.7 Å². The van der Waals surface area contributed by atoms with Gasteiger partial charge in [0, 0.05) is 11.7 Å². The molecule has 0 aromatic heterocycles. The number of fused-ring (bicyclic) bond motifs is 1. The molecule has 1 amide bonds. The van der Waals surface area contributed by atoms with Crippen molar-refractivity contribution in [3.8, 4) is 0 Å². The van der Waals surface area contributed by atoms with Gasteiger partial charge in [0.15, 0.2) is 0 Å². The lowest BCUT2D eigenvalue weighted by Crippen LogP contribution is -2.27. The highest BCUT2D eigenvalue weighted by Gasteiger charge is 2.18. The number of hydrogen-bond donors (Lipinski definition) is 2. The SMILES string of the molecule is CC(C)(C)OC(=O)Nc1ccc2c(c1)CCCCC2N. The summed E-state index contributed by atoms with van der Waals surface area (Å²) in [5.74, 6) is 0. The van der Waals surface area contributed by atoms with Gasteiger partial charge in [-0.05, 0) is 63.3 Å². The average Bonchev–Trinajstić information content (AvgIpc) is 2.49. The third kappa shape index (κ3) is 3.97.